The van der Waals surface area contributed by atoms with Crippen molar-refractivity contribution in [2.24, 2.45) is 0 Å². The molecule has 2 heterocycles. The van der Waals surface area contributed by atoms with Crippen LogP contribution in [0.15, 0.2) is 32.9 Å². The van der Waals surface area contributed by atoms with Gasteiger partial charge >= 0.3 is 0 Å². The van der Waals surface area contributed by atoms with Crippen molar-refractivity contribution < 1.29 is 32.6 Å². The average molecular weight is 530 g/mol. The highest BCUT2D eigenvalue weighted by atomic mass is 79.9. The van der Waals surface area contributed by atoms with Crippen molar-refractivity contribution in [2.75, 3.05) is 20.4 Å². The Morgan fingerprint density at radius 3 is 2.61 bits per heavy atom. The third-order valence-electron chi connectivity index (χ3n) is 4.06. The van der Waals surface area contributed by atoms with Crippen molar-refractivity contribution in [3.05, 3.63) is 38.8 Å². The molecule has 0 atom stereocenters. The molecule has 3 rings (SSSR count). The normalized spacial score (nSPS) is 15.6. The number of aromatic hydroxyl groups is 1. The molecule has 0 spiro atoms. The summed E-state index contributed by atoms with van der Waals surface area (Å²) in [6.07, 6.45) is 3.75. The van der Waals surface area contributed by atoms with Gasteiger partial charge in [-0.1, -0.05) is 15.9 Å². The third kappa shape index (κ3) is 4.99. The molecule has 13 heteroatoms. The zero-order valence-corrected chi connectivity index (χ0v) is 19.7. The van der Waals surface area contributed by atoms with E-state index in [1.165, 1.54) is 38.6 Å². The van der Waals surface area contributed by atoms with Crippen molar-refractivity contribution in [3.8, 4) is 17.4 Å². The van der Waals surface area contributed by atoms with E-state index >= 15 is 0 Å². The summed E-state index contributed by atoms with van der Waals surface area (Å²) in [6, 6.07) is 2.87. The molecule has 1 saturated heterocycles. The monoisotopic (exact) mass is 529 g/mol. The molecular formula is C18H16BrN3O7S2. The van der Waals surface area contributed by atoms with Crippen molar-refractivity contribution in [1.82, 2.24) is 14.9 Å². The van der Waals surface area contributed by atoms with Crippen LogP contribution in [0.25, 0.3) is 6.08 Å². The number of methoxy groups -OCH3 is 1. The number of carbonyl (C=O) groups excluding carboxylic acids is 2. The first kappa shape index (κ1) is 23.0. The number of nitrogens with zero attached hydrogens (tertiary/aromatic N) is 3. The number of benzene rings is 1. The Bertz CT molecular complexity index is 1210. The van der Waals surface area contributed by atoms with Gasteiger partial charge in [-0.3, -0.25) is 14.5 Å². The van der Waals surface area contributed by atoms with E-state index in [1.807, 2.05) is 0 Å². The molecular weight excluding hydrogens is 514 g/mol. The van der Waals surface area contributed by atoms with Crippen LogP contribution in [0.2, 0.25) is 0 Å². The number of halogens is 1. The van der Waals surface area contributed by atoms with Crippen LogP contribution in [0, 0.1) is 0 Å². The highest BCUT2D eigenvalue weighted by Gasteiger charge is 2.32. The van der Waals surface area contributed by atoms with Gasteiger partial charge in [0.15, 0.2) is 11.5 Å². The second-order valence-electron chi connectivity index (χ2n) is 6.33. The third-order valence-corrected chi connectivity index (χ3v) is 6.57. The van der Waals surface area contributed by atoms with E-state index in [1.54, 1.807) is 0 Å². The van der Waals surface area contributed by atoms with E-state index in [9.17, 15) is 23.1 Å². The Balaban J connectivity index is 1.87. The smallest absolute Gasteiger partial charge is 0.293 e. The second-order valence-corrected chi connectivity index (χ2v) is 10.1. The predicted molar refractivity (Wildman–Crippen MR) is 116 cm³/mol. The molecule has 0 saturated carbocycles. The largest absolute Gasteiger partial charge is 0.504 e. The Morgan fingerprint density at radius 1 is 1.32 bits per heavy atom. The standard InChI is InChI=1S/C18H16BrN3O7S2/c1-22-16(24)14(30-18(22)25)5-9-4-13(12(23)6-11(9)19)29-8-10-7-20-17(31(3,26)27)21-15(10)28-2/h4-7,23H,8H2,1-3H3/b14-5-. The van der Waals surface area contributed by atoms with E-state index in [0.717, 1.165) is 22.9 Å². The average Bonchev–Trinajstić information content (AvgIpc) is 2.94. The summed E-state index contributed by atoms with van der Waals surface area (Å²) in [5, 5.41) is 9.45. The van der Waals surface area contributed by atoms with Crippen molar-refractivity contribution in [2.45, 2.75) is 11.8 Å². The van der Waals surface area contributed by atoms with Gasteiger partial charge in [-0.2, -0.15) is 4.98 Å². The number of thioether (sulfide) groups is 1. The topological polar surface area (TPSA) is 136 Å². The Morgan fingerprint density at radius 2 is 2.03 bits per heavy atom. The summed E-state index contributed by atoms with van der Waals surface area (Å²) in [7, 11) is -0.892. The molecule has 1 aliphatic heterocycles. The first-order valence-corrected chi connectivity index (χ1v) is 12.0. The predicted octanol–water partition coefficient (Wildman–Crippen LogP) is 2.60. The lowest BCUT2D eigenvalue weighted by Crippen LogP contribution is -2.22. The molecule has 1 fully saturated rings. The quantitative estimate of drug-likeness (QED) is 0.439. The number of hydrogen-bond acceptors (Lipinski definition) is 10. The van der Waals surface area contributed by atoms with Gasteiger partial charge in [0, 0.05) is 24.0 Å². The van der Waals surface area contributed by atoms with Gasteiger partial charge in [-0.25, -0.2) is 13.4 Å². The molecule has 1 aliphatic rings. The zero-order valence-electron chi connectivity index (χ0n) is 16.4. The van der Waals surface area contributed by atoms with Gasteiger partial charge in [0.05, 0.1) is 17.6 Å². The molecule has 1 aromatic carbocycles. The maximum atomic E-state index is 12.1. The van der Waals surface area contributed by atoms with Crippen LogP contribution < -0.4 is 9.47 Å². The molecule has 1 aromatic heterocycles. The fraction of sp³-hybridized carbons (Fsp3) is 0.222. The molecule has 1 N–H and O–H groups in total. The van der Waals surface area contributed by atoms with Gasteiger partial charge in [-0.05, 0) is 35.5 Å². The van der Waals surface area contributed by atoms with Crippen molar-refractivity contribution in [1.29, 1.82) is 0 Å². The number of sulfone groups is 1. The number of carbonyl (C=O) groups is 2. The van der Waals surface area contributed by atoms with E-state index in [4.69, 9.17) is 9.47 Å². The van der Waals surface area contributed by atoms with Gasteiger partial charge in [0.1, 0.15) is 6.61 Å². The molecule has 0 aliphatic carbocycles. The molecule has 2 amide bonds. The number of aromatic nitrogens is 2. The lowest BCUT2D eigenvalue weighted by Gasteiger charge is -2.12. The second kappa shape index (κ2) is 8.85. The van der Waals surface area contributed by atoms with Crippen LogP contribution in [0.3, 0.4) is 0 Å². The summed E-state index contributed by atoms with van der Waals surface area (Å²) in [6.45, 7) is -0.132. The van der Waals surface area contributed by atoms with Crippen LogP contribution in [0.4, 0.5) is 4.79 Å². The summed E-state index contributed by atoms with van der Waals surface area (Å²) < 4.78 is 34.5. The van der Waals surface area contributed by atoms with Gasteiger partial charge < -0.3 is 14.6 Å². The van der Waals surface area contributed by atoms with E-state index < -0.39 is 15.7 Å². The first-order valence-electron chi connectivity index (χ1n) is 8.48. The summed E-state index contributed by atoms with van der Waals surface area (Å²) >= 11 is 4.11. The molecule has 31 heavy (non-hydrogen) atoms. The molecule has 0 bridgehead atoms. The molecule has 10 nitrogen and oxygen atoms in total. The van der Waals surface area contributed by atoms with Crippen molar-refractivity contribution >= 4 is 54.8 Å². The van der Waals surface area contributed by atoms with E-state index in [0.29, 0.717) is 15.6 Å². The summed E-state index contributed by atoms with van der Waals surface area (Å²) in [5.74, 6) is -0.506. The summed E-state index contributed by atoms with van der Waals surface area (Å²) in [4.78, 5) is 32.7. The highest BCUT2D eigenvalue weighted by molar-refractivity contribution is 9.10. The van der Waals surface area contributed by atoms with Gasteiger partial charge in [0.25, 0.3) is 11.1 Å². The Hall–Kier alpha value is -2.64. The summed E-state index contributed by atoms with van der Waals surface area (Å²) in [5.41, 5.74) is 0.855. The zero-order chi connectivity index (χ0) is 22.9. The van der Waals surface area contributed by atoms with Crippen LogP contribution in [-0.4, -0.2) is 60.0 Å². The Labute approximate surface area is 190 Å². The lowest BCUT2D eigenvalue weighted by molar-refractivity contribution is -0.121. The lowest BCUT2D eigenvalue weighted by atomic mass is 10.2. The maximum absolute atomic E-state index is 12.1. The Kier molecular flexibility index (Phi) is 6.57. The number of imide groups is 1. The first-order chi connectivity index (χ1) is 14.5. The van der Waals surface area contributed by atoms with Crippen LogP contribution in [0.1, 0.15) is 11.1 Å². The van der Waals surface area contributed by atoms with Crippen LogP contribution in [-0.2, 0) is 21.2 Å². The maximum Gasteiger partial charge on any atom is 0.293 e. The van der Waals surface area contributed by atoms with Gasteiger partial charge in [0.2, 0.25) is 20.9 Å². The number of rotatable bonds is 6. The molecule has 2 aromatic rings. The van der Waals surface area contributed by atoms with E-state index in [-0.39, 0.29) is 39.3 Å². The minimum absolute atomic E-state index is 0.0175. The minimum atomic E-state index is -3.61. The number of hydrogen-bond donors (Lipinski definition) is 1. The molecule has 164 valence electrons. The fourth-order valence-corrected chi connectivity index (χ4v) is 4.21. The van der Waals surface area contributed by atoms with Crippen LogP contribution >= 0.6 is 27.7 Å². The number of likely N-dealkylation sites (N-methyl/N-ethyl adjacent to an activating group) is 1. The number of ether oxygens (including phenoxy) is 2. The number of phenolic OH excluding ortho intramolecular Hbond substituents is 1. The SMILES string of the molecule is COc1nc(S(C)(=O)=O)ncc1COc1cc(/C=C2\SC(=O)N(C)C2=O)c(Br)cc1O. The fourth-order valence-electron chi connectivity index (χ4n) is 2.46. The van der Waals surface area contributed by atoms with E-state index in [2.05, 4.69) is 25.9 Å². The van der Waals surface area contributed by atoms with Crippen LogP contribution in [0.5, 0.6) is 17.4 Å². The molecule has 0 unspecified atom stereocenters. The highest BCUT2D eigenvalue weighted by Crippen LogP contribution is 2.37. The van der Waals surface area contributed by atoms with Crippen molar-refractivity contribution in [3.63, 3.8) is 0 Å². The number of phenols is 1. The van der Waals surface area contributed by atoms with Gasteiger partial charge in [-0.15, -0.1) is 0 Å². The molecule has 0 radical (unpaired) electrons. The number of amides is 2. The minimum Gasteiger partial charge on any atom is -0.504 e.